The van der Waals surface area contributed by atoms with Gasteiger partial charge in [0.15, 0.2) is 6.10 Å². The van der Waals surface area contributed by atoms with Gasteiger partial charge in [-0.1, -0.05) is 23.8 Å². The number of allylic oxidation sites excluding steroid dienone is 6. The molecule has 0 saturated heterocycles. The Morgan fingerprint density at radius 2 is 1.61 bits per heavy atom. The molecule has 0 aromatic heterocycles. The van der Waals surface area contributed by atoms with Crippen molar-refractivity contribution in [1.82, 2.24) is 0 Å². The van der Waals surface area contributed by atoms with Crippen molar-refractivity contribution >= 4 is 17.6 Å². The van der Waals surface area contributed by atoms with E-state index in [2.05, 4.69) is 0 Å². The van der Waals surface area contributed by atoms with Crippen LogP contribution in [0.15, 0.2) is 45.6 Å². The maximum atomic E-state index is 11.8. The maximum absolute atomic E-state index is 11.8. The van der Waals surface area contributed by atoms with Crippen LogP contribution in [0.1, 0.15) is 55.4 Å². The molecule has 0 heterocycles. The summed E-state index contributed by atoms with van der Waals surface area (Å²) in [4.78, 5) is 11.8. The zero-order chi connectivity index (χ0) is 18.4. The normalized spacial score (nSPS) is 17.0. The largest absolute Gasteiger partial charge is 0.479 e. The van der Waals surface area contributed by atoms with E-state index in [4.69, 9.17) is 16.3 Å². The Morgan fingerprint density at radius 1 is 1.09 bits per heavy atom. The van der Waals surface area contributed by atoms with Crippen molar-refractivity contribution in [2.24, 2.45) is 0 Å². The van der Waals surface area contributed by atoms with Gasteiger partial charge in [0.2, 0.25) is 0 Å². The van der Waals surface area contributed by atoms with Gasteiger partial charge in [0, 0.05) is 5.03 Å². The fraction of sp³-hybridized carbons (Fsp3) is 0.526. The summed E-state index contributed by atoms with van der Waals surface area (Å²) >= 11 is 5.87. The lowest BCUT2D eigenvalue weighted by Crippen LogP contribution is -2.35. The molecular formula is C19H29ClO3. The maximum Gasteiger partial charge on any atom is 0.337 e. The second-order valence-corrected chi connectivity index (χ2v) is 7.16. The molecule has 0 radical (unpaired) electrons. The molecule has 0 bridgehead atoms. The molecule has 130 valence electrons. The van der Waals surface area contributed by atoms with Gasteiger partial charge in [-0.15, -0.1) is 0 Å². The fourth-order valence-electron chi connectivity index (χ4n) is 2.02. The average molecular weight is 341 g/mol. The summed E-state index contributed by atoms with van der Waals surface area (Å²) in [5, 5.41) is 10.3. The molecule has 1 atom stereocenters. The number of rotatable bonds is 6. The number of ether oxygens (including phenoxy) is 1. The van der Waals surface area contributed by atoms with Crippen LogP contribution in [0.25, 0.3) is 0 Å². The molecule has 4 heteroatoms. The van der Waals surface area contributed by atoms with Crippen molar-refractivity contribution in [2.75, 3.05) is 0 Å². The van der Waals surface area contributed by atoms with Crippen molar-refractivity contribution < 1.29 is 14.6 Å². The average Bonchev–Trinajstić information content (AvgIpc) is 2.41. The minimum Gasteiger partial charge on any atom is -0.479 e. The molecule has 0 aliphatic heterocycles. The van der Waals surface area contributed by atoms with Gasteiger partial charge in [0.25, 0.3) is 0 Å². The highest BCUT2D eigenvalue weighted by molar-refractivity contribution is 6.29. The summed E-state index contributed by atoms with van der Waals surface area (Å²) in [5.74, 6) is -0.993. The lowest BCUT2D eigenvalue weighted by Gasteiger charge is -2.28. The predicted octanol–water partition coefficient (Wildman–Crippen LogP) is 5.63. The number of halogens is 1. The highest BCUT2D eigenvalue weighted by Gasteiger charge is 2.30. The van der Waals surface area contributed by atoms with E-state index in [0.717, 1.165) is 16.7 Å². The lowest BCUT2D eigenvalue weighted by atomic mass is 9.91. The first kappa shape index (κ1) is 21.7. The van der Waals surface area contributed by atoms with E-state index in [1.165, 1.54) is 0 Å². The summed E-state index contributed by atoms with van der Waals surface area (Å²) in [7, 11) is 0. The van der Waals surface area contributed by atoms with Crippen LogP contribution in [0.4, 0.5) is 0 Å². The molecule has 0 spiro atoms. The third-order valence-corrected chi connectivity index (χ3v) is 3.50. The van der Waals surface area contributed by atoms with Crippen molar-refractivity contribution in [3.63, 3.8) is 0 Å². The first-order chi connectivity index (χ1) is 10.4. The molecule has 0 aromatic rings. The summed E-state index contributed by atoms with van der Waals surface area (Å²) in [6.07, 6.45) is 4.56. The van der Waals surface area contributed by atoms with Crippen LogP contribution in [-0.2, 0) is 9.53 Å². The third kappa shape index (κ3) is 7.67. The minimum atomic E-state index is -1.02. The Balaban J connectivity index is 6.20. The van der Waals surface area contributed by atoms with Crippen LogP contribution >= 0.6 is 11.6 Å². The van der Waals surface area contributed by atoms with Crippen molar-refractivity contribution in [3.05, 3.63) is 45.6 Å². The topological polar surface area (TPSA) is 46.5 Å². The van der Waals surface area contributed by atoms with E-state index in [0.29, 0.717) is 10.6 Å². The van der Waals surface area contributed by atoms with Crippen molar-refractivity contribution in [3.8, 4) is 0 Å². The van der Waals surface area contributed by atoms with Gasteiger partial charge in [-0.3, -0.25) is 0 Å². The second-order valence-electron chi connectivity index (χ2n) is 6.56. The Morgan fingerprint density at radius 3 is 1.96 bits per heavy atom. The standard InChI is InChI=1S/C19H29ClO3/c1-9-12(2)16(15(5)13(3)10-11-14(4)20)17(18(21)22)23-19(6,7)8/h9-11,17H,1-8H3,(H,21,22). The van der Waals surface area contributed by atoms with Crippen molar-refractivity contribution in [2.45, 2.75) is 67.1 Å². The zero-order valence-electron chi connectivity index (χ0n) is 15.5. The molecule has 0 amide bonds. The molecule has 1 N–H and O–H groups in total. The molecule has 0 rings (SSSR count). The molecule has 0 saturated carbocycles. The lowest BCUT2D eigenvalue weighted by molar-refractivity contribution is -0.155. The van der Waals surface area contributed by atoms with Gasteiger partial charge in [-0.25, -0.2) is 4.79 Å². The molecular weight excluding hydrogens is 312 g/mol. The predicted molar refractivity (Wildman–Crippen MR) is 97.8 cm³/mol. The van der Waals surface area contributed by atoms with Crippen LogP contribution < -0.4 is 0 Å². The SMILES string of the molecule is CC=C(C)C(=C(C)C(C)=CC=C(C)Cl)C(OC(C)(C)C)C(=O)O. The van der Waals surface area contributed by atoms with E-state index in [1.54, 1.807) is 13.0 Å². The van der Waals surface area contributed by atoms with Gasteiger partial charge in [0.1, 0.15) is 0 Å². The van der Waals surface area contributed by atoms with E-state index >= 15 is 0 Å². The fourth-order valence-corrected chi connectivity index (χ4v) is 2.08. The van der Waals surface area contributed by atoms with Crippen LogP contribution in [0, 0.1) is 0 Å². The van der Waals surface area contributed by atoms with Crippen LogP contribution in [-0.4, -0.2) is 22.8 Å². The van der Waals surface area contributed by atoms with E-state index in [-0.39, 0.29) is 0 Å². The molecule has 0 aliphatic carbocycles. The van der Waals surface area contributed by atoms with E-state index < -0.39 is 17.7 Å². The molecule has 0 fully saturated rings. The minimum absolute atomic E-state index is 0.563. The molecule has 0 aliphatic rings. The monoisotopic (exact) mass is 340 g/mol. The highest BCUT2D eigenvalue weighted by atomic mass is 35.5. The third-order valence-electron chi connectivity index (χ3n) is 3.37. The summed E-state index contributed by atoms with van der Waals surface area (Å²) in [6, 6.07) is 0. The first-order valence-corrected chi connectivity index (χ1v) is 8.04. The van der Waals surface area contributed by atoms with Gasteiger partial charge in [-0.05, 0) is 83.8 Å². The van der Waals surface area contributed by atoms with Crippen LogP contribution in [0.5, 0.6) is 0 Å². The van der Waals surface area contributed by atoms with E-state index in [9.17, 15) is 9.90 Å². The Hall–Kier alpha value is -1.32. The van der Waals surface area contributed by atoms with Gasteiger partial charge in [0.05, 0.1) is 5.60 Å². The van der Waals surface area contributed by atoms with Gasteiger partial charge in [-0.2, -0.15) is 0 Å². The zero-order valence-corrected chi connectivity index (χ0v) is 16.2. The number of carboxylic acid groups (broad SMARTS) is 1. The highest BCUT2D eigenvalue weighted by Crippen LogP contribution is 2.28. The summed E-state index contributed by atoms with van der Waals surface area (Å²) in [5.41, 5.74) is 2.84. The van der Waals surface area contributed by atoms with Gasteiger partial charge < -0.3 is 9.84 Å². The van der Waals surface area contributed by atoms with Crippen LogP contribution in [0.2, 0.25) is 0 Å². The number of carbonyl (C=O) groups is 1. The number of hydrogen-bond acceptors (Lipinski definition) is 2. The smallest absolute Gasteiger partial charge is 0.337 e. The molecule has 1 unspecified atom stereocenters. The Kier molecular flexibility index (Phi) is 8.57. The Bertz CT molecular complexity index is 554. The van der Waals surface area contributed by atoms with Crippen molar-refractivity contribution in [1.29, 1.82) is 0 Å². The Labute approximate surface area is 145 Å². The number of hydrogen-bond donors (Lipinski definition) is 1. The molecule has 0 aromatic carbocycles. The molecule has 3 nitrogen and oxygen atoms in total. The first-order valence-electron chi connectivity index (χ1n) is 7.66. The second kappa shape index (κ2) is 9.09. The molecule has 23 heavy (non-hydrogen) atoms. The van der Waals surface area contributed by atoms with Gasteiger partial charge >= 0.3 is 5.97 Å². The van der Waals surface area contributed by atoms with Crippen LogP contribution in [0.3, 0.4) is 0 Å². The number of aliphatic carboxylic acids is 1. The quantitative estimate of drug-likeness (QED) is 0.638. The number of carboxylic acids is 1. The van der Waals surface area contributed by atoms with E-state index in [1.807, 2.05) is 60.6 Å². The summed E-state index contributed by atoms with van der Waals surface area (Å²) in [6.45, 7) is 15.0. The summed E-state index contributed by atoms with van der Waals surface area (Å²) < 4.78 is 5.81.